The molecule has 0 bridgehead atoms. The molecule has 29 heavy (non-hydrogen) atoms. The van der Waals surface area contributed by atoms with E-state index in [0.717, 1.165) is 6.42 Å². The molecule has 0 fully saturated rings. The summed E-state index contributed by atoms with van der Waals surface area (Å²) in [7, 11) is -3.43. The van der Waals surface area contributed by atoms with E-state index >= 15 is 0 Å². The minimum absolute atomic E-state index is 0.371. The van der Waals surface area contributed by atoms with Gasteiger partial charge in [0, 0.05) is 38.9 Å². The third kappa shape index (κ3) is 26.5. The highest BCUT2D eigenvalue weighted by atomic mass is 28.4. The number of hydrogen-bond donors (Lipinski definition) is 1. The zero-order chi connectivity index (χ0) is 23.2. The summed E-state index contributed by atoms with van der Waals surface area (Å²) in [6.07, 6.45) is 11.0. The van der Waals surface area contributed by atoms with Crippen molar-refractivity contribution in [2.45, 2.75) is 134 Å². The second-order valence-corrected chi connectivity index (χ2v) is 36.0. The highest BCUT2D eigenvalue weighted by molar-refractivity contribution is 6.95. The van der Waals surface area contributed by atoms with Gasteiger partial charge in [-0.2, -0.15) is 0 Å². The molecule has 1 nitrogen and oxygen atoms in total. The zero-order valence-corrected chi connectivity index (χ0v) is 26.2. The molecular formula is C24H58OSi4. The topological polar surface area (TPSA) is 20.2 Å². The van der Waals surface area contributed by atoms with Crippen LogP contribution in [0.25, 0.3) is 0 Å². The summed E-state index contributed by atoms with van der Waals surface area (Å²) < 4.78 is 0. The van der Waals surface area contributed by atoms with Gasteiger partial charge < -0.3 is 5.11 Å². The minimum atomic E-state index is -0.900. The van der Waals surface area contributed by atoms with E-state index in [1.165, 1.54) is 50.6 Å². The largest absolute Gasteiger partial charge is 0.396 e. The fourth-order valence-corrected chi connectivity index (χ4v) is 31.8. The maximum atomic E-state index is 8.69. The Morgan fingerprint density at radius 2 is 0.966 bits per heavy atom. The van der Waals surface area contributed by atoms with Crippen molar-refractivity contribution in [2.24, 2.45) is 0 Å². The standard InChI is InChI=1S/C12H30OSi2.C12H28Si2/c1-14(2,3)12-15(4,5)11-9-7-6-8-10-13;1-7-8-9-10-11-14(5,6)12-13(2,3)4/h13H,6-12H2,1-5H3;7H,1,8-12H2,2-6H3. The molecule has 5 heteroatoms. The number of hydrogen-bond acceptors (Lipinski definition) is 1. The van der Waals surface area contributed by atoms with E-state index < -0.39 is 32.3 Å². The third-order valence-corrected chi connectivity index (χ3v) is 24.8. The lowest BCUT2D eigenvalue weighted by Gasteiger charge is -2.29. The van der Waals surface area contributed by atoms with Gasteiger partial charge in [-0.1, -0.05) is 127 Å². The molecule has 1 N–H and O–H groups in total. The Balaban J connectivity index is 0. The summed E-state index contributed by atoms with van der Waals surface area (Å²) in [5, 5.41) is 8.69. The van der Waals surface area contributed by atoms with Gasteiger partial charge in [-0.3, -0.25) is 0 Å². The Morgan fingerprint density at radius 3 is 1.31 bits per heavy atom. The van der Waals surface area contributed by atoms with Crippen molar-refractivity contribution in [2.75, 3.05) is 6.61 Å². The van der Waals surface area contributed by atoms with Crippen LogP contribution in [0.1, 0.15) is 44.9 Å². The highest BCUT2D eigenvalue weighted by Gasteiger charge is 2.28. The number of allylic oxidation sites excluding steroid dienone is 1. The predicted octanol–water partition coefficient (Wildman–Crippen LogP) is 9.05. The van der Waals surface area contributed by atoms with Gasteiger partial charge in [0.25, 0.3) is 0 Å². The first-order chi connectivity index (χ1) is 13.0. The molecule has 176 valence electrons. The average Bonchev–Trinajstić information content (AvgIpc) is 2.47. The van der Waals surface area contributed by atoms with E-state index in [2.05, 4.69) is 72.0 Å². The second-order valence-electron chi connectivity index (χ2n) is 13.2. The average molecular weight is 475 g/mol. The van der Waals surface area contributed by atoms with E-state index in [0.29, 0.717) is 6.61 Å². The van der Waals surface area contributed by atoms with Crippen molar-refractivity contribution in [1.82, 2.24) is 0 Å². The van der Waals surface area contributed by atoms with Crippen molar-refractivity contribution in [3.8, 4) is 0 Å². The fourth-order valence-electron chi connectivity index (χ4n) is 5.01. The molecule has 0 rings (SSSR count). The van der Waals surface area contributed by atoms with Crippen molar-refractivity contribution < 1.29 is 5.11 Å². The Kier molecular flexibility index (Phi) is 16.8. The van der Waals surface area contributed by atoms with Crippen molar-refractivity contribution in [1.29, 1.82) is 0 Å². The summed E-state index contributed by atoms with van der Waals surface area (Å²) >= 11 is 0. The smallest absolute Gasteiger partial charge is 0.0447 e. The zero-order valence-electron chi connectivity index (χ0n) is 22.2. The molecule has 0 radical (unpaired) electrons. The molecule has 0 spiro atoms. The van der Waals surface area contributed by atoms with Crippen LogP contribution in [0.3, 0.4) is 0 Å². The lowest BCUT2D eigenvalue weighted by atomic mass is 10.2. The van der Waals surface area contributed by atoms with Gasteiger partial charge in [0.15, 0.2) is 0 Å². The molecule has 0 aromatic heterocycles. The molecule has 0 saturated carbocycles. The third-order valence-electron chi connectivity index (χ3n) is 5.29. The maximum absolute atomic E-state index is 8.69. The van der Waals surface area contributed by atoms with E-state index in [-0.39, 0.29) is 0 Å². The van der Waals surface area contributed by atoms with Gasteiger partial charge in [-0.15, -0.1) is 6.58 Å². The number of rotatable bonds is 15. The molecule has 0 aliphatic carbocycles. The van der Waals surface area contributed by atoms with Crippen LogP contribution in [0.2, 0.25) is 88.9 Å². The monoisotopic (exact) mass is 474 g/mol. The maximum Gasteiger partial charge on any atom is 0.0447 e. The summed E-state index contributed by atoms with van der Waals surface area (Å²) in [6.45, 7) is 29.4. The molecule has 0 atom stereocenters. The van der Waals surface area contributed by atoms with Crippen LogP contribution in [0.5, 0.6) is 0 Å². The van der Waals surface area contributed by atoms with Crippen LogP contribution in [0.4, 0.5) is 0 Å². The summed E-state index contributed by atoms with van der Waals surface area (Å²) in [4.78, 5) is 0. The first kappa shape index (κ1) is 31.8. The quantitative estimate of drug-likeness (QED) is 0.142. The van der Waals surface area contributed by atoms with Crippen LogP contribution < -0.4 is 0 Å². The fraction of sp³-hybridized carbons (Fsp3) is 0.917. The Bertz CT molecular complexity index is 406. The molecule has 0 saturated heterocycles. The highest BCUT2D eigenvalue weighted by Crippen LogP contribution is 2.26. The van der Waals surface area contributed by atoms with Crippen LogP contribution in [-0.2, 0) is 0 Å². The lowest BCUT2D eigenvalue weighted by molar-refractivity contribution is 0.283. The van der Waals surface area contributed by atoms with Gasteiger partial charge in [-0.25, -0.2) is 0 Å². The first-order valence-electron chi connectivity index (χ1n) is 12.3. The SMILES string of the molecule is C=CCCCC[Si](C)(C)C[Si](C)(C)C.C[Si](C)(C)C[Si](C)(C)CCCCCCO. The predicted molar refractivity (Wildman–Crippen MR) is 150 cm³/mol. The van der Waals surface area contributed by atoms with Gasteiger partial charge in [0.2, 0.25) is 0 Å². The number of aliphatic hydroxyl groups excluding tert-OH is 1. The molecule has 0 aromatic carbocycles. The number of aliphatic hydroxyl groups is 1. The van der Waals surface area contributed by atoms with E-state index in [4.69, 9.17) is 5.11 Å². The lowest BCUT2D eigenvalue weighted by Crippen LogP contribution is -2.37. The van der Waals surface area contributed by atoms with Crippen molar-refractivity contribution in [3.05, 3.63) is 12.7 Å². The van der Waals surface area contributed by atoms with Gasteiger partial charge in [0.1, 0.15) is 0 Å². The van der Waals surface area contributed by atoms with Gasteiger partial charge in [-0.05, 0) is 12.8 Å². The van der Waals surface area contributed by atoms with Gasteiger partial charge in [0.05, 0.1) is 0 Å². The van der Waals surface area contributed by atoms with Crippen molar-refractivity contribution >= 4 is 32.3 Å². The van der Waals surface area contributed by atoms with E-state index in [1.54, 1.807) is 11.3 Å². The van der Waals surface area contributed by atoms with Crippen LogP contribution in [-0.4, -0.2) is 44.0 Å². The number of unbranched alkanes of at least 4 members (excludes halogenated alkanes) is 5. The summed E-state index contributed by atoms with van der Waals surface area (Å²) in [6, 6.07) is 3.01. The molecule has 0 aliphatic rings. The Morgan fingerprint density at radius 1 is 0.586 bits per heavy atom. The molecule has 0 heterocycles. The second kappa shape index (κ2) is 15.4. The molecule has 0 amide bonds. The molecular weight excluding hydrogens is 417 g/mol. The molecule has 0 aromatic rings. The van der Waals surface area contributed by atoms with E-state index in [1.807, 2.05) is 6.08 Å². The van der Waals surface area contributed by atoms with Crippen LogP contribution >= 0.6 is 0 Å². The normalized spacial score (nSPS) is 13.1. The molecule has 0 aliphatic heterocycles. The first-order valence-corrected chi connectivity index (χ1v) is 26.5. The molecule has 0 unspecified atom stereocenters. The van der Waals surface area contributed by atoms with Gasteiger partial charge >= 0.3 is 0 Å². The summed E-state index contributed by atoms with van der Waals surface area (Å²) in [5.74, 6) is 0. The minimum Gasteiger partial charge on any atom is -0.396 e. The Hall–Kier alpha value is 0.568. The van der Waals surface area contributed by atoms with E-state index in [9.17, 15) is 0 Å². The van der Waals surface area contributed by atoms with Crippen LogP contribution in [0, 0.1) is 0 Å². The summed E-state index contributed by atoms with van der Waals surface area (Å²) in [5.41, 5.74) is 3.16. The van der Waals surface area contributed by atoms with Crippen LogP contribution in [0.15, 0.2) is 12.7 Å². The van der Waals surface area contributed by atoms with Crippen molar-refractivity contribution in [3.63, 3.8) is 0 Å². The Labute approximate surface area is 190 Å².